The Morgan fingerprint density at radius 2 is 1.79 bits per heavy atom. The first-order valence-electron chi connectivity index (χ1n) is 6.68. The Morgan fingerprint density at radius 1 is 1.21 bits per heavy atom. The van der Waals surface area contributed by atoms with Crippen LogP contribution in [0.3, 0.4) is 0 Å². The molecule has 0 saturated heterocycles. The lowest BCUT2D eigenvalue weighted by molar-refractivity contribution is 0.0914. The van der Waals surface area contributed by atoms with E-state index in [9.17, 15) is 14.0 Å². The van der Waals surface area contributed by atoms with Crippen molar-refractivity contribution in [2.75, 3.05) is 0 Å². The normalized spacial score (nSPS) is 12.6. The topological polar surface area (TPSA) is 34.1 Å². The van der Waals surface area contributed by atoms with Gasteiger partial charge in [0.15, 0.2) is 11.6 Å². The predicted molar refractivity (Wildman–Crippen MR) is 74.3 cm³/mol. The van der Waals surface area contributed by atoms with E-state index in [1.807, 2.05) is 20.8 Å². The smallest absolute Gasteiger partial charge is 0.166 e. The Bertz CT molecular complexity index is 504. The van der Waals surface area contributed by atoms with Crippen LogP contribution in [0.2, 0.25) is 0 Å². The lowest BCUT2D eigenvalue weighted by atomic mass is 9.84. The molecule has 1 aromatic carbocycles. The Balaban J connectivity index is 3.59. The molecule has 0 N–H and O–H groups in total. The molecule has 2 nitrogen and oxygen atoms in total. The molecule has 0 unspecified atom stereocenters. The van der Waals surface area contributed by atoms with E-state index in [0.29, 0.717) is 17.5 Å². The second kappa shape index (κ2) is 6.09. The molecule has 0 radical (unpaired) electrons. The van der Waals surface area contributed by atoms with Gasteiger partial charge in [-0.15, -0.1) is 0 Å². The van der Waals surface area contributed by atoms with Crippen LogP contribution in [0.1, 0.15) is 73.2 Å². The van der Waals surface area contributed by atoms with Gasteiger partial charge in [-0.05, 0) is 31.4 Å². The van der Waals surface area contributed by atoms with Gasteiger partial charge in [0.05, 0.1) is 0 Å². The third kappa shape index (κ3) is 3.09. The maximum absolute atomic E-state index is 14.0. The maximum atomic E-state index is 14.0. The van der Waals surface area contributed by atoms with Crippen LogP contribution in [0.15, 0.2) is 12.1 Å². The van der Waals surface area contributed by atoms with E-state index in [2.05, 4.69) is 0 Å². The van der Waals surface area contributed by atoms with E-state index in [1.165, 1.54) is 19.1 Å². The van der Waals surface area contributed by atoms with Crippen LogP contribution in [0, 0.1) is 11.7 Å². The second-order valence-electron chi connectivity index (χ2n) is 5.27. The lowest BCUT2D eigenvalue weighted by Gasteiger charge is -2.18. The number of rotatable bonds is 5. The number of benzene rings is 1. The molecule has 0 bridgehead atoms. The number of Topliss-reactive ketones (excluding diaryl/α,β-unsaturated/α-hetero) is 2. The average molecular weight is 264 g/mol. The molecule has 0 aromatic heterocycles. The Labute approximate surface area is 114 Å². The van der Waals surface area contributed by atoms with Crippen molar-refractivity contribution in [2.24, 2.45) is 5.92 Å². The van der Waals surface area contributed by atoms with E-state index in [-0.39, 0.29) is 29.0 Å². The van der Waals surface area contributed by atoms with Gasteiger partial charge in [0, 0.05) is 22.6 Å². The van der Waals surface area contributed by atoms with E-state index in [0.717, 1.165) is 0 Å². The van der Waals surface area contributed by atoms with Crippen LogP contribution in [-0.2, 0) is 0 Å². The zero-order valence-electron chi connectivity index (χ0n) is 12.2. The summed E-state index contributed by atoms with van der Waals surface area (Å²) in [5.74, 6) is -1.10. The highest BCUT2D eigenvalue weighted by molar-refractivity contribution is 6.09. The lowest BCUT2D eigenvalue weighted by Crippen LogP contribution is -2.18. The number of ketones is 2. The Kier molecular flexibility index (Phi) is 4.98. The van der Waals surface area contributed by atoms with Gasteiger partial charge in [-0.3, -0.25) is 9.59 Å². The highest BCUT2D eigenvalue weighted by atomic mass is 19.1. The molecule has 3 heteroatoms. The Hall–Kier alpha value is -1.51. The fourth-order valence-corrected chi connectivity index (χ4v) is 2.15. The average Bonchev–Trinajstić information content (AvgIpc) is 2.35. The number of hydrogen-bond acceptors (Lipinski definition) is 2. The van der Waals surface area contributed by atoms with Crippen molar-refractivity contribution in [3.05, 3.63) is 34.6 Å². The zero-order valence-corrected chi connectivity index (χ0v) is 12.2. The fourth-order valence-electron chi connectivity index (χ4n) is 2.15. The van der Waals surface area contributed by atoms with Crippen molar-refractivity contribution in [3.63, 3.8) is 0 Å². The molecule has 104 valence electrons. The summed E-state index contributed by atoms with van der Waals surface area (Å²) in [6.07, 6.45) is 0.671. The monoisotopic (exact) mass is 264 g/mol. The van der Waals surface area contributed by atoms with Crippen molar-refractivity contribution in [3.8, 4) is 0 Å². The summed E-state index contributed by atoms with van der Waals surface area (Å²) in [5.41, 5.74) is 0.963. The molecule has 0 saturated carbocycles. The molecule has 0 heterocycles. The van der Waals surface area contributed by atoms with Gasteiger partial charge in [0.1, 0.15) is 5.82 Å². The minimum Gasteiger partial charge on any atom is -0.294 e. The predicted octanol–water partition coefficient (Wildman–Crippen LogP) is 4.38. The molecule has 0 aliphatic carbocycles. The van der Waals surface area contributed by atoms with E-state index in [1.54, 1.807) is 6.92 Å². The van der Waals surface area contributed by atoms with Crippen molar-refractivity contribution >= 4 is 11.6 Å². The molecule has 1 atom stereocenters. The first-order chi connectivity index (χ1) is 8.81. The molecule has 1 rings (SSSR count). The van der Waals surface area contributed by atoms with Crippen LogP contribution < -0.4 is 0 Å². The van der Waals surface area contributed by atoms with Crippen LogP contribution >= 0.6 is 0 Å². The third-order valence-electron chi connectivity index (χ3n) is 3.46. The number of carbonyl (C=O) groups excluding carboxylic acids is 2. The van der Waals surface area contributed by atoms with Gasteiger partial charge in [-0.1, -0.05) is 27.7 Å². The molecule has 0 fully saturated rings. The molecular weight excluding hydrogens is 243 g/mol. The minimum absolute atomic E-state index is 0.137. The molecule has 0 aliphatic rings. The van der Waals surface area contributed by atoms with Crippen LogP contribution in [0.25, 0.3) is 0 Å². The molecule has 19 heavy (non-hydrogen) atoms. The molecule has 0 aliphatic heterocycles. The second-order valence-corrected chi connectivity index (χ2v) is 5.27. The van der Waals surface area contributed by atoms with Crippen molar-refractivity contribution < 1.29 is 14.0 Å². The molecular formula is C16H21FO2. The van der Waals surface area contributed by atoms with Crippen molar-refractivity contribution in [1.82, 2.24) is 0 Å². The van der Waals surface area contributed by atoms with Gasteiger partial charge in [-0.2, -0.15) is 0 Å². The summed E-state index contributed by atoms with van der Waals surface area (Å²) in [6, 6.07) is 2.69. The summed E-state index contributed by atoms with van der Waals surface area (Å²) in [6.45, 7) is 8.78. The minimum atomic E-state index is -0.411. The van der Waals surface area contributed by atoms with Gasteiger partial charge in [0.2, 0.25) is 0 Å². The molecule has 1 aromatic rings. The van der Waals surface area contributed by atoms with Crippen molar-refractivity contribution in [2.45, 2.75) is 47.0 Å². The van der Waals surface area contributed by atoms with Gasteiger partial charge in [0.25, 0.3) is 0 Å². The number of carbonyl (C=O) groups is 2. The van der Waals surface area contributed by atoms with Crippen LogP contribution in [-0.4, -0.2) is 11.6 Å². The van der Waals surface area contributed by atoms with Crippen LogP contribution in [0.5, 0.6) is 0 Å². The fraction of sp³-hybridized carbons (Fsp3) is 0.500. The van der Waals surface area contributed by atoms with Crippen LogP contribution in [0.4, 0.5) is 4.39 Å². The molecule has 0 spiro atoms. The quantitative estimate of drug-likeness (QED) is 0.739. The van der Waals surface area contributed by atoms with E-state index >= 15 is 0 Å². The van der Waals surface area contributed by atoms with Gasteiger partial charge < -0.3 is 0 Å². The first kappa shape index (κ1) is 15.5. The van der Waals surface area contributed by atoms with Gasteiger partial charge >= 0.3 is 0 Å². The maximum Gasteiger partial charge on any atom is 0.166 e. The summed E-state index contributed by atoms with van der Waals surface area (Å²) in [5, 5.41) is 0. The summed E-state index contributed by atoms with van der Waals surface area (Å²) in [4.78, 5) is 24.2. The van der Waals surface area contributed by atoms with E-state index < -0.39 is 5.82 Å². The van der Waals surface area contributed by atoms with E-state index in [4.69, 9.17) is 0 Å². The third-order valence-corrected chi connectivity index (χ3v) is 3.46. The summed E-state index contributed by atoms with van der Waals surface area (Å²) in [7, 11) is 0. The van der Waals surface area contributed by atoms with Gasteiger partial charge in [-0.25, -0.2) is 4.39 Å². The number of halogens is 1. The highest BCUT2D eigenvalue weighted by Gasteiger charge is 2.26. The SMILES string of the molecule is CC[C@@H](C)C(=O)c1c(C(C)=O)ccc(F)c1C(C)C. The summed E-state index contributed by atoms with van der Waals surface area (Å²) < 4.78 is 14.0. The Morgan fingerprint density at radius 3 is 2.21 bits per heavy atom. The first-order valence-corrected chi connectivity index (χ1v) is 6.68. The van der Waals surface area contributed by atoms with Crippen molar-refractivity contribution in [1.29, 1.82) is 0 Å². The summed E-state index contributed by atoms with van der Waals surface area (Å²) >= 11 is 0. The largest absolute Gasteiger partial charge is 0.294 e. The number of hydrogen-bond donors (Lipinski definition) is 0. The standard InChI is InChI=1S/C16H21FO2/c1-6-10(4)16(19)15-12(11(5)18)7-8-13(17)14(15)9(2)3/h7-10H,6H2,1-5H3/t10-/m1/s1. The zero-order chi connectivity index (χ0) is 14.7. The highest BCUT2D eigenvalue weighted by Crippen LogP contribution is 2.29. The molecule has 0 amide bonds.